The van der Waals surface area contributed by atoms with Crippen molar-refractivity contribution in [2.75, 3.05) is 33.4 Å². The number of halogens is 1. The molecule has 31 heavy (non-hydrogen) atoms. The van der Waals surface area contributed by atoms with Crippen molar-refractivity contribution in [1.82, 2.24) is 15.1 Å². The average molecular weight is 448 g/mol. The Morgan fingerprint density at radius 1 is 1.29 bits per heavy atom. The molecule has 0 spiro atoms. The number of likely N-dealkylation sites (tertiary alicyclic amines) is 1. The Labute approximate surface area is 188 Å². The van der Waals surface area contributed by atoms with Crippen LogP contribution < -0.4 is 5.32 Å². The van der Waals surface area contributed by atoms with E-state index >= 15 is 0 Å². The SMILES string of the molecule is C/C=C(\C)C(=O)N1CCC(C2(Cc3ccccc3Cl)NC(=O)N(CCOC)C2=O)CC1. The van der Waals surface area contributed by atoms with Crippen LogP contribution in [0.15, 0.2) is 35.9 Å². The first kappa shape index (κ1) is 23.3. The van der Waals surface area contributed by atoms with Crippen LogP contribution in [-0.4, -0.2) is 66.5 Å². The number of imide groups is 1. The summed E-state index contributed by atoms with van der Waals surface area (Å²) in [4.78, 5) is 41.9. The Morgan fingerprint density at radius 2 is 1.97 bits per heavy atom. The van der Waals surface area contributed by atoms with Gasteiger partial charge in [-0.05, 0) is 44.2 Å². The Kier molecular flexibility index (Phi) is 7.38. The fourth-order valence-electron chi connectivity index (χ4n) is 4.46. The molecule has 2 aliphatic rings. The number of benzene rings is 1. The predicted molar refractivity (Wildman–Crippen MR) is 119 cm³/mol. The first-order chi connectivity index (χ1) is 14.8. The largest absolute Gasteiger partial charge is 0.383 e. The van der Waals surface area contributed by atoms with Crippen molar-refractivity contribution in [3.63, 3.8) is 0 Å². The van der Waals surface area contributed by atoms with E-state index in [1.165, 1.54) is 12.0 Å². The molecular weight excluding hydrogens is 418 g/mol. The Balaban J connectivity index is 1.87. The van der Waals surface area contributed by atoms with Crippen LogP contribution in [0.4, 0.5) is 4.79 Å². The van der Waals surface area contributed by atoms with Crippen molar-refractivity contribution in [2.24, 2.45) is 5.92 Å². The normalized spacial score (nSPS) is 22.8. The second-order valence-corrected chi connectivity index (χ2v) is 8.56. The molecule has 0 aliphatic carbocycles. The zero-order chi connectivity index (χ0) is 22.6. The van der Waals surface area contributed by atoms with E-state index in [1.54, 1.807) is 6.07 Å². The molecule has 1 aromatic rings. The third-order valence-electron chi connectivity index (χ3n) is 6.40. The van der Waals surface area contributed by atoms with Gasteiger partial charge in [-0.3, -0.25) is 14.5 Å². The summed E-state index contributed by atoms with van der Waals surface area (Å²) in [6.07, 6.45) is 3.36. The summed E-state index contributed by atoms with van der Waals surface area (Å²) in [7, 11) is 1.54. The van der Waals surface area contributed by atoms with Gasteiger partial charge in [0.15, 0.2) is 0 Å². The van der Waals surface area contributed by atoms with Crippen molar-refractivity contribution in [3.05, 3.63) is 46.5 Å². The second kappa shape index (κ2) is 9.83. The molecule has 1 aromatic carbocycles. The maximum atomic E-state index is 13.6. The van der Waals surface area contributed by atoms with E-state index in [0.29, 0.717) is 42.9 Å². The van der Waals surface area contributed by atoms with Gasteiger partial charge in [0.2, 0.25) is 5.91 Å². The van der Waals surface area contributed by atoms with Gasteiger partial charge in [0, 0.05) is 37.2 Å². The molecule has 1 N–H and O–H groups in total. The number of ether oxygens (including phenoxy) is 1. The lowest BCUT2D eigenvalue weighted by Crippen LogP contribution is -2.58. The lowest BCUT2D eigenvalue weighted by Gasteiger charge is -2.41. The number of methoxy groups -OCH3 is 1. The van der Waals surface area contributed by atoms with Gasteiger partial charge < -0.3 is 15.0 Å². The minimum atomic E-state index is -1.08. The van der Waals surface area contributed by atoms with E-state index in [2.05, 4.69) is 5.32 Å². The molecule has 2 fully saturated rings. The van der Waals surface area contributed by atoms with Gasteiger partial charge in [-0.1, -0.05) is 35.9 Å². The summed E-state index contributed by atoms with van der Waals surface area (Å²) in [6, 6.07) is 6.98. The highest BCUT2D eigenvalue weighted by molar-refractivity contribution is 6.31. The van der Waals surface area contributed by atoms with Gasteiger partial charge in [-0.2, -0.15) is 0 Å². The number of rotatable bonds is 7. The smallest absolute Gasteiger partial charge is 0.325 e. The molecular formula is C23H30ClN3O4. The Bertz CT molecular complexity index is 879. The average Bonchev–Trinajstić information content (AvgIpc) is 3.02. The van der Waals surface area contributed by atoms with Gasteiger partial charge in [0.25, 0.3) is 5.91 Å². The van der Waals surface area contributed by atoms with Crippen LogP contribution in [0.2, 0.25) is 5.02 Å². The van der Waals surface area contributed by atoms with Gasteiger partial charge in [-0.15, -0.1) is 0 Å². The molecule has 1 unspecified atom stereocenters. The fraction of sp³-hybridized carbons (Fsp3) is 0.522. The molecule has 0 bridgehead atoms. The van der Waals surface area contributed by atoms with Crippen molar-refractivity contribution in [3.8, 4) is 0 Å². The third kappa shape index (κ3) is 4.62. The van der Waals surface area contributed by atoms with Crippen LogP contribution in [0.25, 0.3) is 0 Å². The van der Waals surface area contributed by atoms with E-state index < -0.39 is 11.6 Å². The van der Waals surface area contributed by atoms with E-state index in [-0.39, 0.29) is 30.9 Å². The van der Waals surface area contributed by atoms with E-state index in [1.807, 2.05) is 43.0 Å². The topological polar surface area (TPSA) is 79.0 Å². The van der Waals surface area contributed by atoms with Gasteiger partial charge in [0.1, 0.15) is 5.54 Å². The van der Waals surface area contributed by atoms with Crippen molar-refractivity contribution >= 4 is 29.4 Å². The first-order valence-electron chi connectivity index (χ1n) is 10.6. The Hall–Kier alpha value is -2.38. The van der Waals surface area contributed by atoms with Crippen molar-refractivity contribution in [2.45, 2.75) is 38.6 Å². The van der Waals surface area contributed by atoms with Crippen LogP contribution in [0.3, 0.4) is 0 Å². The summed E-state index contributed by atoms with van der Waals surface area (Å²) < 4.78 is 5.08. The molecule has 168 valence electrons. The monoisotopic (exact) mass is 447 g/mol. The summed E-state index contributed by atoms with van der Waals surface area (Å²) in [6.45, 7) is 5.21. The van der Waals surface area contributed by atoms with Crippen LogP contribution in [-0.2, 0) is 20.7 Å². The highest BCUT2D eigenvalue weighted by Gasteiger charge is 2.56. The molecule has 4 amide bonds. The van der Waals surface area contributed by atoms with Crippen molar-refractivity contribution in [1.29, 1.82) is 0 Å². The zero-order valence-electron chi connectivity index (χ0n) is 18.3. The molecule has 7 nitrogen and oxygen atoms in total. The first-order valence-corrected chi connectivity index (χ1v) is 11.0. The molecule has 8 heteroatoms. The number of hydrogen-bond donors (Lipinski definition) is 1. The van der Waals surface area contributed by atoms with E-state index in [9.17, 15) is 14.4 Å². The van der Waals surface area contributed by atoms with Crippen molar-refractivity contribution < 1.29 is 19.1 Å². The van der Waals surface area contributed by atoms with Crippen LogP contribution in [0, 0.1) is 5.92 Å². The molecule has 0 radical (unpaired) electrons. The lowest BCUT2D eigenvalue weighted by molar-refractivity contribution is -0.135. The fourth-order valence-corrected chi connectivity index (χ4v) is 4.66. The molecule has 0 aromatic heterocycles. The zero-order valence-corrected chi connectivity index (χ0v) is 19.1. The van der Waals surface area contributed by atoms with E-state index in [4.69, 9.17) is 16.3 Å². The molecule has 1 atom stereocenters. The summed E-state index contributed by atoms with van der Waals surface area (Å²) >= 11 is 6.41. The standard InChI is InChI=1S/C23H30ClN3O4/c1-4-16(2)20(28)26-11-9-18(10-12-26)23(15-17-7-5-6-8-19(17)24)21(29)27(13-14-31-3)22(30)25-23/h4-8,18H,9-15H2,1-3H3,(H,25,30)/b16-4+. The number of amides is 4. The maximum absolute atomic E-state index is 13.6. The number of carbonyl (C=O) groups is 3. The lowest BCUT2D eigenvalue weighted by atomic mass is 9.73. The Morgan fingerprint density at radius 3 is 2.58 bits per heavy atom. The molecule has 2 aliphatic heterocycles. The van der Waals surface area contributed by atoms with E-state index in [0.717, 1.165) is 5.56 Å². The maximum Gasteiger partial charge on any atom is 0.325 e. The number of hydrogen-bond acceptors (Lipinski definition) is 4. The van der Waals surface area contributed by atoms with Gasteiger partial charge >= 0.3 is 6.03 Å². The summed E-state index contributed by atoms with van der Waals surface area (Å²) in [5.41, 5.74) is 0.440. The number of piperidine rings is 1. The third-order valence-corrected chi connectivity index (χ3v) is 6.77. The number of allylic oxidation sites excluding steroid dienone is 1. The number of nitrogens with one attached hydrogen (secondary N) is 1. The van der Waals surface area contributed by atoms with Crippen LogP contribution in [0.1, 0.15) is 32.3 Å². The second-order valence-electron chi connectivity index (χ2n) is 8.16. The summed E-state index contributed by atoms with van der Waals surface area (Å²) in [5.74, 6) is -0.337. The predicted octanol–water partition coefficient (Wildman–Crippen LogP) is 3.02. The number of urea groups is 1. The van der Waals surface area contributed by atoms with Gasteiger partial charge in [-0.25, -0.2) is 4.79 Å². The molecule has 2 saturated heterocycles. The molecule has 0 saturated carbocycles. The number of nitrogens with zero attached hydrogens (tertiary/aromatic N) is 2. The quantitative estimate of drug-likeness (QED) is 0.514. The van der Waals surface area contributed by atoms with Crippen LogP contribution >= 0.6 is 11.6 Å². The highest BCUT2D eigenvalue weighted by atomic mass is 35.5. The minimum Gasteiger partial charge on any atom is -0.383 e. The highest BCUT2D eigenvalue weighted by Crippen LogP contribution is 2.37. The molecule has 2 heterocycles. The number of carbonyl (C=O) groups excluding carboxylic acids is 3. The van der Waals surface area contributed by atoms with Crippen LogP contribution in [0.5, 0.6) is 0 Å². The molecule has 3 rings (SSSR count). The van der Waals surface area contributed by atoms with Gasteiger partial charge in [0.05, 0.1) is 13.2 Å². The summed E-state index contributed by atoms with van der Waals surface area (Å²) in [5, 5.41) is 3.57. The minimum absolute atomic E-state index is 0.0182.